The summed E-state index contributed by atoms with van der Waals surface area (Å²) in [6.45, 7) is 0.631. The molecule has 0 atom stereocenters. The van der Waals surface area contributed by atoms with Crippen LogP contribution in [0.2, 0.25) is 0 Å². The van der Waals surface area contributed by atoms with E-state index in [1.165, 1.54) is 11.3 Å². The molecule has 0 aliphatic rings. The zero-order chi connectivity index (χ0) is 14.6. The minimum Gasteiger partial charge on any atom is -0.326 e. The lowest BCUT2D eigenvalue weighted by molar-refractivity contribution is 0.581. The summed E-state index contributed by atoms with van der Waals surface area (Å²) >= 11 is 4.59. The van der Waals surface area contributed by atoms with E-state index in [0.717, 1.165) is 10.6 Å². The van der Waals surface area contributed by atoms with Crippen LogP contribution in [-0.4, -0.2) is 19.9 Å². The van der Waals surface area contributed by atoms with Crippen LogP contribution >= 0.6 is 27.3 Å². The van der Waals surface area contributed by atoms with E-state index in [2.05, 4.69) is 25.6 Å². The van der Waals surface area contributed by atoms with E-state index < -0.39 is 10.0 Å². The Labute approximate surface area is 130 Å². The second-order valence-electron chi connectivity index (χ2n) is 4.02. The first kappa shape index (κ1) is 15.6. The Morgan fingerprint density at radius 1 is 1.40 bits per heavy atom. The summed E-state index contributed by atoms with van der Waals surface area (Å²) in [5.41, 5.74) is 6.37. The van der Waals surface area contributed by atoms with Crippen LogP contribution in [0.1, 0.15) is 10.6 Å². The highest BCUT2D eigenvalue weighted by molar-refractivity contribution is 9.11. The van der Waals surface area contributed by atoms with Crippen LogP contribution in [0, 0.1) is 0 Å². The number of halogens is 1. The maximum atomic E-state index is 12.2. The SMILES string of the molecule is NCc1cc(S(=O)(=O)NCCc2ccccn2)c(Br)s1. The molecule has 20 heavy (non-hydrogen) atoms. The van der Waals surface area contributed by atoms with E-state index >= 15 is 0 Å². The number of hydrogen-bond acceptors (Lipinski definition) is 5. The second-order valence-corrected chi connectivity index (χ2v) is 8.21. The third-order valence-corrected chi connectivity index (χ3v) is 6.33. The van der Waals surface area contributed by atoms with Gasteiger partial charge in [0.1, 0.15) is 4.90 Å². The van der Waals surface area contributed by atoms with E-state index in [1.807, 2.05) is 18.2 Å². The van der Waals surface area contributed by atoms with Crippen molar-refractivity contribution in [2.45, 2.75) is 17.9 Å². The molecule has 2 rings (SSSR count). The van der Waals surface area contributed by atoms with Crippen molar-refractivity contribution in [2.24, 2.45) is 5.73 Å². The molecule has 108 valence electrons. The molecule has 2 aromatic rings. The fourth-order valence-electron chi connectivity index (χ4n) is 1.62. The molecule has 0 fully saturated rings. The molecule has 0 spiro atoms. The predicted octanol–water partition coefficient (Wildman–Crippen LogP) is 1.89. The quantitative estimate of drug-likeness (QED) is 0.806. The summed E-state index contributed by atoms with van der Waals surface area (Å²) in [6.07, 6.45) is 2.23. The van der Waals surface area contributed by atoms with Gasteiger partial charge in [-0.25, -0.2) is 13.1 Å². The van der Waals surface area contributed by atoms with Crippen LogP contribution in [0.4, 0.5) is 0 Å². The maximum absolute atomic E-state index is 12.2. The maximum Gasteiger partial charge on any atom is 0.242 e. The molecule has 0 aliphatic carbocycles. The van der Waals surface area contributed by atoms with Crippen molar-refractivity contribution in [3.05, 3.63) is 44.8 Å². The number of rotatable bonds is 6. The minimum atomic E-state index is -3.52. The normalized spacial score (nSPS) is 11.7. The summed E-state index contributed by atoms with van der Waals surface area (Å²) in [7, 11) is -3.52. The highest BCUT2D eigenvalue weighted by Gasteiger charge is 2.20. The molecule has 5 nitrogen and oxygen atoms in total. The molecule has 2 heterocycles. The van der Waals surface area contributed by atoms with Gasteiger partial charge in [0, 0.05) is 36.3 Å². The third kappa shape index (κ3) is 3.86. The van der Waals surface area contributed by atoms with Crippen molar-refractivity contribution in [2.75, 3.05) is 6.54 Å². The number of sulfonamides is 1. The molecular weight excluding hydrogens is 362 g/mol. The van der Waals surface area contributed by atoms with Crippen LogP contribution in [-0.2, 0) is 23.0 Å². The molecule has 3 N–H and O–H groups in total. The summed E-state index contributed by atoms with van der Waals surface area (Å²) in [6, 6.07) is 7.16. The van der Waals surface area contributed by atoms with Crippen LogP contribution in [0.25, 0.3) is 0 Å². The van der Waals surface area contributed by atoms with Gasteiger partial charge in [-0.1, -0.05) is 6.07 Å². The van der Waals surface area contributed by atoms with E-state index in [0.29, 0.717) is 23.3 Å². The number of aromatic nitrogens is 1. The lowest BCUT2D eigenvalue weighted by atomic mass is 10.3. The number of hydrogen-bond donors (Lipinski definition) is 2. The van der Waals surface area contributed by atoms with Crippen molar-refractivity contribution >= 4 is 37.3 Å². The lowest BCUT2D eigenvalue weighted by Crippen LogP contribution is -2.26. The van der Waals surface area contributed by atoms with Crippen molar-refractivity contribution in [1.82, 2.24) is 9.71 Å². The first-order valence-corrected chi connectivity index (χ1v) is 9.00. The second kappa shape index (κ2) is 6.77. The van der Waals surface area contributed by atoms with Crippen LogP contribution in [0.15, 0.2) is 39.1 Å². The minimum absolute atomic E-state index is 0.240. The average molecular weight is 376 g/mol. The van der Waals surface area contributed by atoms with Crippen molar-refractivity contribution in [1.29, 1.82) is 0 Å². The summed E-state index contributed by atoms with van der Waals surface area (Å²) in [5, 5.41) is 0. The Balaban J connectivity index is 2.02. The molecule has 0 amide bonds. The van der Waals surface area contributed by atoms with Gasteiger partial charge in [-0.2, -0.15) is 0 Å². The highest BCUT2D eigenvalue weighted by atomic mass is 79.9. The molecule has 0 radical (unpaired) electrons. The Bertz CT molecular complexity index is 671. The summed E-state index contributed by atoms with van der Waals surface area (Å²) in [4.78, 5) is 5.21. The number of thiophene rings is 1. The Morgan fingerprint density at radius 2 is 2.20 bits per heavy atom. The van der Waals surface area contributed by atoms with Crippen LogP contribution < -0.4 is 10.5 Å². The largest absolute Gasteiger partial charge is 0.326 e. The van der Waals surface area contributed by atoms with Gasteiger partial charge in [0.05, 0.1) is 3.79 Å². The zero-order valence-corrected chi connectivity index (χ0v) is 13.8. The molecule has 0 aromatic carbocycles. The summed E-state index contributed by atoms with van der Waals surface area (Å²) < 4.78 is 27.5. The molecule has 0 bridgehead atoms. The van der Waals surface area contributed by atoms with Crippen LogP contribution in [0.5, 0.6) is 0 Å². The van der Waals surface area contributed by atoms with Gasteiger partial charge in [-0.05, 0) is 34.1 Å². The molecule has 0 saturated heterocycles. The molecule has 0 aliphatic heterocycles. The van der Waals surface area contributed by atoms with Gasteiger partial charge in [0.25, 0.3) is 0 Å². The zero-order valence-electron chi connectivity index (χ0n) is 10.5. The van der Waals surface area contributed by atoms with E-state index in [1.54, 1.807) is 12.3 Å². The Kier molecular flexibility index (Phi) is 5.28. The first-order valence-electron chi connectivity index (χ1n) is 5.91. The highest BCUT2D eigenvalue weighted by Crippen LogP contribution is 2.31. The van der Waals surface area contributed by atoms with Gasteiger partial charge >= 0.3 is 0 Å². The molecule has 0 saturated carbocycles. The third-order valence-electron chi connectivity index (χ3n) is 2.60. The Morgan fingerprint density at radius 3 is 2.80 bits per heavy atom. The predicted molar refractivity (Wildman–Crippen MR) is 83.0 cm³/mol. The number of pyridine rings is 1. The van der Waals surface area contributed by atoms with E-state index in [-0.39, 0.29) is 4.90 Å². The first-order chi connectivity index (χ1) is 9.53. The number of nitrogens with one attached hydrogen (secondary N) is 1. The van der Waals surface area contributed by atoms with Gasteiger partial charge in [-0.3, -0.25) is 4.98 Å². The van der Waals surface area contributed by atoms with Crippen molar-refractivity contribution in [3.63, 3.8) is 0 Å². The van der Waals surface area contributed by atoms with Crippen LogP contribution in [0.3, 0.4) is 0 Å². The smallest absolute Gasteiger partial charge is 0.242 e. The van der Waals surface area contributed by atoms with Gasteiger partial charge < -0.3 is 5.73 Å². The topological polar surface area (TPSA) is 85.1 Å². The fourth-order valence-corrected chi connectivity index (χ4v) is 5.21. The van der Waals surface area contributed by atoms with E-state index in [4.69, 9.17) is 5.73 Å². The van der Waals surface area contributed by atoms with Gasteiger partial charge in [0.15, 0.2) is 0 Å². The van der Waals surface area contributed by atoms with Crippen molar-refractivity contribution in [3.8, 4) is 0 Å². The molecular formula is C12H14BrN3O2S2. The van der Waals surface area contributed by atoms with E-state index in [9.17, 15) is 8.42 Å². The monoisotopic (exact) mass is 375 g/mol. The Hall–Kier alpha value is -0.800. The molecule has 2 aromatic heterocycles. The van der Waals surface area contributed by atoms with Gasteiger partial charge in [-0.15, -0.1) is 11.3 Å². The lowest BCUT2D eigenvalue weighted by Gasteiger charge is -2.05. The van der Waals surface area contributed by atoms with Gasteiger partial charge in [0.2, 0.25) is 10.0 Å². The van der Waals surface area contributed by atoms with Crippen molar-refractivity contribution < 1.29 is 8.42 Å². The molecule has 0 unspecified atom stereocenters. The average Bonchev–Trinajstić information content (AvgIpc) is 2.82. The number of nitrogens with zero attached hydrogens (tertiary/aromatic N) is 1. The fraction of sp³-hybridized carbons (Fsp3) is 0.250. The standard InChI is InChI=1S/C12H14BrN3O2S2/c13-12-11(7-10(8-14)19-12)20(17,18)16-6-4-9-3-1-2-5-15-9/h1-3,5,7,16H,4,6,8,14H2. The molecule has 8 heteroatoms. The summed E-state index contributed by atoms with van der Waals surface area (Å²) in [5.74, 6) is 0. The number of nitrogens with two attached hydrogens (primary N) is 1.